The maximum atomic E-state index is 10.7. The van der Waals surface area contributed by atoms with Gasteiger partial charge in [-0.15, -0.1) is 0 Å². The average Bonchev–Trinajstić information content (AvgIpc) is 2.14. The van der Waals surface area contributed by atoms with Crippen LogP contribution in [0.4, 0.5) is 0 Å². The normalized spacial score (nSPS) is 11.6. The molecule has 3 N–H and O–H groups in total. The van der Waals surface area contributed by atoms with Crippen LogP contribution in [0.15, 0.2) is 0 Å². The Kier molecular flexibility index (Phi) is 7.36. The van der Waals surface area contributed by atoms with Gasteiger partial charge < -0.3 is 15.7 Å². The minimum Gasteiger partial charge on any atom is -0.480 e. The van der Waals surface area contributed by atoms with Gasteiger partial charge in [-0.2, -0.15) is 11.8 Å². The molecule has 0 aromatic rings. The molecule has 7 heteroatoms. The number of carboxylic acid groups (broad SMARTS) is 1. The number of hydrogen-bond donors (Lipinski definition) is 3. The standard InChI is InChI=1S/C9H16N2O4S/c1-6(12)10-3-4-16-5-8(9(14)15)11-7(2)13/h8H,3-5H2,1-2H3,(H,10,12)(H,11,13)(H,14,15)/t8-/m0/s1. The van der Waals surface area contributed by atoms with Crippen LogP contribution in [0.25, 0.3) is 0 Å². The third-order valence-corrected chi connectivity index (χ3v) is 2.64. The highest BCUT2D eigenvalue weighted by molar-refractivity contribution is 7.99. The van der Waals surface area contributed by atoms with Crippen LogP contribution in [0, 0.1) is 0 Å². The molecule has 2 amide bonds. The van der Waals surface area contributed by atoms with Gasteiger partial charge in [-0.3, -0.25) is 9.59 Å². The molecule has 0 aliphatic carbocycles. The van der Waals surface area contributed by atoms with Crippen LogP contribution in [0.5, 0.6) is 0 Å². The second kappa shape index (κ2) is 7.98. The van der Waals surface area contributed by atoms with Crippen molar-refractivity contribution in [1.29, 1.82) is 0 Å². The van der Waals surface area contributed by atoms with Crippen LogP contribution in [-0.4, -0.2) is 47.0 Å². The van der Waals surface area contributed by atoms with Crippen molar-refractivity contribution in [2.45, 2.75) is 19.9 Å². The molecule has 0 heterocycles. The van der Waals surface area contributed by atoms with Crippen molar-refractivity contribution in [3.05, 3.63) is 0 Å². The summed E-state index contributed by atoms with van der Waals surface area (Å²) in [7, 11) is 0. The van der Waals surface area contributed by atoms with Crippen molar-refractivity contribution in [1.82, 2.24) is 10.6 Å². The zero-order valence-corrected chi connectivity index (χ0v) is 10.1. The second-order valence-electron chi connectivity index (χ2n) is 3.15. The number of carbonyl (C=O) groups is 3. The molecule has 0 bridgehead atoms. The highest BCUT2D eigenvalue weighted by Crippen LogP contribution is 2.02. The quantitative estimate of drug-likeness (QED) is 0.525. The number of carboxylic acids is 1. The Bertz CT molecular complexity index is 270. The van der Waals surface area contributed by atoms with Crippen molar-refractivity contribution in [2.24, 2.45) is 0 Å². The molecule has 92 valence electrons. The summed E-state index contributed by atoms with van der Waals surface area (Å²) in [6.45, 7) is 3.19. The van der Waals surface area contributed by atoms with Crippen molar-refractivity contribution < 1.29 is 19.5 Å². The van der Waals surface area contributed by atoms with Gasteiger partial charge in [0.05, 0.1) is 0 Å². The molecule has 0 saturated carbocycles. The largest absolute Gasteiger partial charge is 0.480 e. The van der Waals surface area contributed by atoms with Gasteiger partial charge in [0.25, 0.3) is 0 Å². The van der Waals surface area contributed by atoms with Crippen LogP contribution < -0.4 is 10.6 Å². The van der Waals surface area contributed by atoms with Crippen LogP contribution in [0.2, 0.25) is 0 Å². The van der Waals surface area contributed by atoms with E-state index in [2.05, 4.69) is 10.6 Å². The van der Waals surface area contributed by atoms with E-state index in [1.54, 1.807) is 0 Å². The molecular formula is C9H16N2O4S. The van der Waals surface area contributed by atoms with Crippen molar-refractivity contribution in [2.75, 3.05) is 18.1 Å². The molecule has 0 spiro atoms. The number of rotatable bonds is 7. The molecule has 0 unspecified atom stereocenters. The number of amides is 2. The molecule has 0 aliphatic rings. The summed E-state index contributed by atoms with van der Waals surface area (Å²) in [4.78, 5) is 31.9. The van der Waals surface area contributed by atoms with E-state index in [0.29, 0.717) is 12.3 Å². The first-order valence-corrected chi connectivity index (χ1v) is 5.91. The third-order valence-electron chi connectivity index (χ3n) is 1.58. The topological polar surface area (TPSA) is 95.5 Å². The summed E-state index contributed by atoms with van der Waals surface area (Å²) < 4.78 is 0. The van der Waals surface area contributed by atoms with E-state index >= 15 is 0 Å². The maximum Gasteiger partial charge on any atom is 0.327 e. The molecule has 0 rings (SSSR count). The van der Waals surface area contributed by atoms with Gasteiger partial charge in [0.1, 0.15) is 6.04 Å². The lowest BCUT2D eigenvalue weighted by Gasteiger charge is -2.12. The summed E-state index contributed by atoms with van der Waals surface area (Å²) >= 11 is 1.36. The van der Waals surface area contributed by atoms with E-state index in [-0.39, 0.29) is 17.6 Å². The molecule has 1 atom stereocenters. The number of nitrogens with one attached hydrogen (secondary N) is 2. The van der Waals surface area contributed by atoms with E-state index in [1.165, 1.54) is 25.6 Å². The SMILES string of the molecule is CC(=O)NCCSC[C@H](NC(C)=O)C(=O)O. The smallest absolute Gasteiger partial charge is 0.327 e. The molecule has 0 aromatic heterocycles. The maximum absolute atomic E-state index is 10.7. The first-order chi connectivity index (χ1) is 7.43. The molecule has 0 saturated heterocycles. The van der Waals surface area contributed by atoms with Gasteiger partial charge in [-0.25, -0.2) is 4.79 Å². The van der Waals surface area contributed by atoms with Crippen molar-refractivity contribution in [3.63, 3.8) is 0 Å². The number of aliphatic carboxylic acids is 1. The highest BCUT2D eigenvalue weighted by atomic mass is 32.2. The lowest BCUT2D eigenvalue weighted by atomic mass is 10.3. The Labute approximate surface area is 98.2 Å². The van der Waals surface area contributed by atoms with E-state index in [1.807, 2.05) is 0 Å². The summed E-state index contributed by atoms with van der Waals surface area (Å²) in [6.07, 6.45) is 0. The first-order valence-electron chi connectivity index (χ1n) is 4.75. The monoisotopic (exact) mass is 248 g/mol. The predicted octanol–water partition coefficient (Wildman–Crippen LogP) is -0.555. The van der Waals surface area contributed by atoms with E-state index in [4.69, 9.17) is 5.11 Å². The van der Waals surface area contributed by atoms with Crippen LogP contribution >= 0.6 is 11.8 Å². The minimum absolute atomic E-state index is 0.114. The molecule has 0 aromatic carbocycles. The summed E-state index contributed by atoms with van der Waals surface area (Å²) in [5.41, 5.74) is 0. The van der Waals surface area contributed by atoms with Crippen LogP contribution in [-0.2, 0) is 14.4 Å². The fraction of sp³-hybridized carbons (Fsp3) is 0.667. The van der Waals surface area contributed by atoms with Gasteiger partial charge in [0.2, 0.25) is 11.8 Å². The third kappa shape index (κ3) is 8.10. The van der Waals surface area contributed by atoms with Crippen molar-refractivity contribution >= 4 is 29.5 Å². The Hall–Kier alpha value is -1.24. The zero-order chi connectivity index (χ0) is 12.6. The lowest BCUT2D eigenvalue weighted by molar-refractivity contribution is -0.140. The van der Waals surface area contributed by atoms with E-state index in [0.717, 1.165) is 0 Å². The lowest BCUT2D eigenvalue weighted by Crippen LogP contribution is -2.41. The van der Waals surface area contributed by atoms with Gasteiger partial charge in [0.15, 0.2) is 0 Å². The van der Waals surface area contributed by atoms with Gasteiger partial charge in [-0.05, 0) is 0 Å². The molecule has 0 radical (unpaired) electrons. The van der Waals surface area contributed by atoms with Gasteiger partial charge in [0, 0.05) is 31.9 Å². The zero-order valence-electron chi connectivity index (χ0n) is 9.28. The first kappa shape index (κ1) is 14.8. The molecule has 0 fully saturated rings. The fourth-order valence-corrected chi connectivity index (χ4v) is 1.80. The molecule has 6 nitrogen and oxygen atoms in total. The summed E-state index contributed by atoms with van der Waals surface area (Å²) in [5.74, 6) is -0.633. The Balaban J connectivity index is 3.72. The van der Waals surface area contributed by atoms with Gasteiger partial charge in [-0.1, -0.05) is 0 Å². The fourth-order valence-electron chi connectivity index (χ4n) is 0.920. The summed E-state index contributed by atoms with van der Waals surface area (Å²) in [5, 5.41) is 13.7. The highest BCUT2D eigenvalue weighted by Gasteiger charge is 2.17. The van der Waals surface area contributed by atoms with Gasteiger partial charge >= 0.3 is 5.97 Å². The van der Waals surface area contributed by atoms with E-state index in [9.17, 15) is 14.4 Å². The molecule has 16 heavy (non-hydrogen) atoms. The van der Waals surface area contributed by atoms with E-state index < -0.39 is 12.0 Å². The number of carbonyl (C=O) groups excluding carboxylic acids is 2. The number of thioether (sulfide) groups is 1. The average molecular weight is 248 g/mol. The van der Waals surface area contributed by atoms with Crippen LogP contribution in [0.1, 0.15) is 13.8 Å². The predicted molar refractivity (Wildman–Crippen MR) is 61.2 cm³/mol. The Morgan fingerprint density at radius 1 is 1.25 bits per heavy atom. The molecule has 0 aliphatic heterocycles. The Morgan fingerprint density at radius 2 is 1.88 bits per heavy atom. The summed E-state index contributed by atoms with van der Waals surface area (Å²) in [6, 6.07) is -0.875. The minimum atomic E-state index is -1.05. The van der Waals surface area contributed by atoms with Crippen LogP contribution in [0.3, 0.4) is 0 Å². The second-order valence-corrected chi connectivity index (χ2v) is 4.30. The van der Waals surface area contributed by atoms with Crippen molar-refractivity contribution in [3.8, 4) is 0 Å². The Morgan fingerprint density at radius 3 is 2.31 bits per heavy atom. The molecular weight excluding hydrogens is 232 g/mol. The number of hydrogen-bond acceptors (Lipinski definition) is 4.